The van der Waals surface area contributed by atoms with Crippen molar-refractivity contribution in [1.29, 1.82) is 0 Å². The lowest BCUT2D eigenvalue weighted by atomic mass is 9.72. The number of hydrogen-bond acceptors (Lipinski definition) is 2. The quantitative estimate of drug-likeness (QED) is 0.269. The molecule has 0 heterocycles. The highest BCUT2D eigenvalue weighted by molar-refractivity contribution is 5.90. The van der Waals surface area contributed by atoms with Crippen molar-refractivity contribution in [3.63, 3.8) is 0 Å². The molecular formula is C23H34N2O. The van der Waals surface area contributed by atoms with Crippen LogP contribution in [0.2, 0.25) is 0 Å². The van der Waals surface area contributed by atoms with Crippen LogP contribution in [0.15, 0.2) is 63.8 Å². The summed E-state index contributed by atoms with van der Waals surface area (Å²) < 4.78 is 0. The average molecular weight is 355 g/mol. The summed E-state index contributed by atoms with van der Waals surface area (Å²) in [5.41, 5.74) is 8.62. The van der Waals surface area contributed by atoms with Gasteiger partial charge in [0.1, 0.15) is 0 Å². The Kier molecular flexibility index (Phi) is 8.50. The first-order valence-electron chi connectivity index (χ1n) is 9.34. The Labute approximate surface area is 159 Å². The van der Waals surface area contributed by atoms with Crippen molar-refractivity contribution >= 4 is 11.6 Å². The van der Waals surface area contributed by atoms with Gasteiger partial charge in [0.25, 0.3) is 5.91 Å². The summed E-state index contributed by atoms with van der Waals surface area (Å²) in [4.78, 5) is 11.7. The van der Waals surface area contributed by atoms with Crippen molar-refractivity contribution in [3.8, 4) is 0 Å². The summed E-state index contributed by atoms with van der Waals surface area (Å²) in [6.45, 7) is 14.6. The van der Waals surface area contributed by atoms with E-state index in [1.54, 1.807) is 6.08 Å². The van der Waals surface area contributed by atoms with Gasteiger partial charge in [0, 0.05) is 11.8 Å². The first-order valence-corrected chi connectivity index (χ1v) is 9.34. The molecule has 0 aromatic carbocycles. The standard InChI is InChI=1S/C23H34N2O/c1-17(2)24-25-22(26)16-19(4)11-8-10-18(3)13-14-21-20(5)12-9-15-23(21,6)7/h8,10-11,13-14,16H,9,12,15H2,1-7H3,(H,25,26). The SMILES string of the molecule is CC(C=CC1=C(C)CCCC1(C)C)=CC=CC(C)=CC(=O)NN=C(C)C. The molecule has 3 heteroatoms. The average Bonchev–Trinajstić information content (AvgIpc) is 2.51. The Morgan fingerprint density at radius 2 is 1.81 bits per heavy atom. The fourth-order valence-electron chi connectivity index (χ4n) is 3.09. The molecule has 0 radical (unpaired) electrons. The van der Waals surface area contributed by atoms with Gasteiger partial charge < -0.3 is 0 Å². The molecule has 0 aromatic rings. The molecule has 0 saturated carbocycles. The number of amides is 1. The summed E-state index contributed by atoms with van der Waals surface area (Å²) in [5, 5.41) is 3.90. The van der Waals surface area contributed by atoms with E-state index < -0.39 is 0 Å². The van der Waals surface area contributed by atoms with Gasteiger partial charge in [0.2, 0.25) is 0 Å². The van der Waals surface area contributed by atoms with Crippen molar-refractivity contribution in [2.24, 2.45) is 10.5 Å². The van der Waals surface area contributed by atoms with E-state index in [2.05, 4.69) is 56.5 Å². The molecule has 1 amide bonds. The molecule has 3 nitrogen and oxygen atoms in total. The van der Waals surface area contributed by atoms with E-state index in [-0.39, 0.29) is 11.3 Å². The molecule has 26 heavy (non-hydrogen) atoms. The molecule has 0 aromatic heterocycles. The summed E-state index contributed by atoms with van der Waals surface area (Å²) in [5.74, 6) is -0.212. The maximum absolute atomic E-state index is 11.7. The summed E-state index contributed by atoms with van der Waals surface area (Å²) >= 11 is 0. The lowest BCUT2D eigenvalue weighted by Gasteiger charge is -2.32. The molecule has 0 bridgehead atoms. The number of rotatable bonds is 6. The van der Waals surface area contributed by atoms with Gasteiger partial charge in [-0.05, 0) is 70.4 Å². The van der Waals surface area contributed by atoms with Crippen molar-refractivity contribution in [1.82, 2.24) is 5.43 Å². The van der Waals surface area contributed by atoms with Crippen LogP contribution in [-0.2, 0) is 4.79 Å². The summed E-state index contributed by atoms with van der Waals surface area (Å²) in [7, 11) is 0. The van der Waals surface area contributed by atoms with Crippen LogP contribution in [0.5, 0.6) is 0 Å². The predicted octanol–water partition coefficient (Wildman–Crippen LogP) is 6.03. The van der Waals surface area contributed by atoms with Crippen molar-refractivity contribution < 1.29 is 4.79 Å². The third-order valence-corrected chi connectivity index (χ3v) is 4.52. The van der Waals surface area contributed by atoms with Crippen LogP contribution in [-0.4, -0.2) is 11.6 Å². The molecule has 1 N–H and O–H groups in total. The molecular weight excluding hydrogens is 320 g/mol. The smallest absolute Gasteiger partial charge is 0.264 e. The highest BCUT2D eigenvalue weighted by atomic mass is 16.2. The molecule has 1 aliphatic rings. The van der Waals surface area contributed by atoms with Crippen LogP contribution in [0, 0.1) is 5.41 Å². The van der Waals surface area contributed by atoms with E-state index in [0.29, 0.717) is 0 Å². The van der Waals surface area contributed by atoms with Crippen molar-refractivity contribution in [2.45, 2.75) is 67.7 Å². The molecule has 1 rings (SSSR count). The van der Waals surface area contributed by atoms with Crippen LogP contribution < -0.4 is 5.43 Å². The second kappa shape index (κ2) is 10.1. The molecule has 0 unspecified atom stereocenters. The minimum absolute atomic E-state index is 0.212. The van der Waals surface area contributed by atoms with Gasteiger partial charge in [-0.15, -0.1) is 0 Å². The number of allylic oxidation sites excluding steroid dienone is 9. The highest BCUT2D eigenvalue weighted by Gasteiger charge is 2.26. The normalized spacial score (nSPS) is 18.6. The molecule has 1 aliphatic carbocycles. The molecule has 0 atom stereocenters. The number of hydrazone groups is 1. The predicted molar refractivity (Wildman–Crippen MR) is 113 cm³/mol. The van der Waals surface area contributed by atoms with Gasteiger partial charge in [-0.1, -0.05) is 55.4 Å². The zero-order valence-electron chi connectivity index (χ0n) is 17.4. The Hall–Kier alpha value is -2.16. The molecule has 142 valence electrons. The Balaban J connectivity index is 2.72. The van der Waals surface area contributed by atoms with Gasteiger partial charge in [-0.2, -0.15) is 5.10 Å². The second-order valence-electron chi connectivity index (χ2n) is 7.96. The zero-order chi connectivity index (χ0) is 19.7. The summed E-state index contributed by atoms with van der Waals surface area (Å²) in [6, 6.07) is 0. The van der Waals surface area contributed by atoms with Gasteiger partial charge in [-0.25, -0.2) is 5.43 Å². The lowest BCUT2D eigenvalue weighted by molar-refractivity contribution is -0.116. The largest absolute Gasteiger partial charge is 0.268 e. The van der Waals surface area contributed by atoms with Gasteiger partial charge >= 0.3 is 0 Å². The van der Waals surface area contributed by atoms with Crippen LogP contribution in [0.1, 0.15) is 67.7 Å². The maximum Gasteiger partial charge on any atom is 0.264 e. The van der Waals surface area contributed by atoms with Crippen molar-refractivity contribution in [3.05, 3.63) is 58.7 Å². The number of carbonyl (C=O) groups is 1. The number of nitrogens with zero attached hydrogens (tertiary/aromatic N) is 1. The zero-order valence-corrected chi connectivity index (χ0v) is 17.4. The number of hydrogen-bond donors (Lipinski definition) is 1. The van der Waals surface area contributed by atoms with E-state index in [0.717, 1.165) is 11.3 Å². The third kappa shape index (κ3) is 7.81. The lowest BCUT2D eigenvalue weighted by Crippen LogP contribution is -2.19. The first-order chi connectivity index (χ1) is 12.1. The second-order valence-corrected chi connectivity index (χ2v) is 7.96. The van der Waals surface area contributed by atoms with Crippen molar-refractivity contribution in [2.75, 3.05) is 0 Å². The van der Waals surface area contributed by atoms with E-state index in [1.807, 2.05) is 32.9 Å². The van der Waals surface area contributed by atoms with Gasteiger partial charge in [0.05, 0.1) is 0 Å². The Bertz CT molecular complexity index is 694. The van der Waals surface area contributed by atoms with Gasteiger partial charge in [0.15, 0.2) is 0 Å². The Morgan fingerprint density at radius 3 is 2.42 bits per heavy atom. The highest BCUT2D eigenvalue weighted by Crippen LogP contribution is 2.40. The third-order valence-electron chi connectivity index (χ3n) is 4.52. The fourth-order valence-corrected chi connectivity index (χ4v) is 3.09. The minimum atomic E-state index is -0.212. The Morgan fingerprint density at radius 1 is 1.12 bits per heavy atom. The minimum Gasteiger partial charge on any atom is -0.268 e. The molecule has 0 aliphatic heterocycles. The topological polar surface area (TPSA) is 41.5 Å². The fraction of sp³-hybridized carbons (Fsp3) is 0.478. The molecule has 0 saturated heterocycles. The van der Waals surface area contributed by atoms with E-state index in [4.69, 9.17) is 0 Å². The summed E-state index contributed by atoms with van der Waals surface area (Å²) in [6.07, 6.45) is 15.7. The maximum atomic E-state index is 11.7. The van der Waals surface area contributed by atoms with Crippen LogP contribution in [0.3, 0.4) is 0 Å². The number of nitrogens with one attached hydrogen (secondary N) is 1. The van der Waals surface area contributed by atoms with Crippen LogP contribution in [0.4, 0.5) is 0 Å². The monoisotopic (exact) mass is 354 g/mol. The van der Waals surface area contributed by atoms with Crippen LogP contribution >= 0.6 is 0 Å². The first kappa shape index (κ1) is 21.9. The number of carbonyl (C=O) groups excluding carboxylic acids is 1. The molecule has 0 spiro atoms. The molecule has 0 fully saturated rings. The van der Waals surface area contributed by atoms with Crippen LogP contribution in [0.25, 0.3) is 0 Å². The van der Waals surface area contributed by atoms with E-state index >= 15 is 0 Å². The van der Waals surface area contributed by atoms with Gasteiger partial charge in [-0.3, -0.25) is 4.79 Å². The van der Waals surface area contributed by atoms with E-state index in [9.17, 15) is 4.79 Å². The van der Waals surface area contributed by atoms with E-state index in [1.165, 1.54) is 36.0 Å².